The van der Waals surface area contributed by atoms with Crippen molar-refractivity contribution < 1.29 is 14.7 Å². The van der Waals surface area contributed by atoms with Crippen LogP contribution in [0.2, 0.25) is 0 Å². The Balaban J connectivity index is 1.69. The van der Waals surface area contributed by atoms with E-state index in [-0.39, 0.29) is 18.2 Å². The van der Waals surface area contributed by atoms with Crippen LogP contribution in [-0.4, -0.2) is 40.0 Å². The molecule has 1 amide bonds. The maximum Gasteiger partial charge on any atom is 0.306 e. The van der Waals surface area contributed by atoms with Gasteiger partial charge in [0, 0.05) is 18.5 Å². The molecule has 6 heteroatoms. The molecule has 3 rings (SSSR count). The number of rotatable bonds is 3. The topological polar surface area (TPSA) is 96.5 Å². The first kappa shape index (κ1) is 15.3. The van der Waals surface area contributed by atoms with Crippen LogP contribution in [0.3, 0.4) is 0 Å². The van der Waals surface area contributed by atoms with Crippen molar-refractivity contribution in [3.8, 4) is 0 Å². The Hall–Kier alpha value is -2.63. The van der Waals surface area contributed by atoms with E-state index in [4.69, 9.17) is 10.8 Å². The number of carboxylic acids is 1. The summed E-state index contributed by atoms with van der Waals surface area (Å²) in [6.07, 6.45) is 1.24. The third-order valence-electron chi connectivity index (χ3n) is 4.34. The predicted octanol–water partition coefficient (Wildman–Crippen LogP) is 1.68. The molecular formula is C17H19N3O3. The van der Waals surface area contributed by atoms with Gasteiger partial charge < -0.3 is 15.7 Å². The molecule has 0 aliphatic carbocycles. The lowest BCUT2D eigenvalue weighted by atomic mass is 9.97. The lowest BCUT2D eigenvalue weighted by Crippen LogP contribution is -2.41. The highest BCUT2D eigenvalue weighted by atomic mass is 16.4. The minimum Gasteiger partial charge on any atom is -0.481 e. The molecule has 2 aromatic rings. The Morgan fingerprint density at radius 1 is 1.22 bits per heavy atom. The number of benzene rings is 1. The van der Waals surface area contributed by atoms with Crippen LogP contribution in [0.15, 0.2) is 30.3 Å². The molecule has 0 unspecified atom stereocenters. The van der Waals surface area contributed by atoms with Gasteiger partial charge in [-0.1, -0.05) is 18.2 Å². The average Bonchev–Trinajstić information content (AvgIpc) is 2.55. The van der Waals surface area contributed by atoms with Gasteiger partial charge >= 0.3 is 5.97 Å². The van der Waals surface area contributed by atoms with Gasteiger partial charge in [0.2, 0.25) is 5.91 Å². The monoisotopic (exact) mass is 313 g/mol. The van der Waals surface area contributed by atoms with Gasteiger partial charge in [-0.15, -0.1) is 0 Å². The van der Waals surface area contributed by atoms with E-state index in [1.165, 1.54) is 0 Å². The number of amides is 1. The molecule has 3 N–H and O–H groups in total. The average molecular weight is 313 g/mol. The van der Waals surface area contributed by atoms with Crippen molar-refractivity contribution in [3.63, 3.8) is 0 Å². The Morgan fingerprint density at radius 3 is 2.65 bits per heavy atom. The molecule has 0 bridgehead atoms. The summed E-state index contributed by atoms with van der Waals surface area (Å²) in [6.45, 7) is 0.983. The van der Waals surface area contributed by atoms with E-state index < -0.39 is 5.97 Å². The normalized spacial score (nSPS) is 15.7. The van der Waals surface area contributed by atoms with Crippen molar-refractivity contribution in [2.24, 2.45) is 5.92 Å². The zero-order valence-corrected chi connectivity index (χ0v) is 12.7. The summed E-state index contributed by atoms with van der Waals surface area (Å²) >= 11 is 0. The van der Waals surface area contributed by atoms with Gasteiger partial charge in [0.25, 0.3) is 0 Å². The summed E-state index contributed by atoms with van der Waals surface area (Å²) < 4.78 is 0. The Kier molecular flexibility index (Phi) is 4.14. The summed E-state index contributed by atoms with van der Waals surface area (Å²) in [4.78, 5) is 29.5. The van der Waals surface area contributed by atoms with Gasteiger partial charge in [0.15, 0.2) is 0 Å². The Morgan fingerprint density at radius 2 is 1.96 bits per heavy atom. The third-order valence-corrected chi connectivity index (χ3v) is 4.34. The second-order valence-electron chi connectivity index (χ2n) is 5.89. The van der Waals surface area contributed by atoms with Crippen molar-refractivity contribution in [1.29, 1.82) is 0 Å². The molecule has 1 aromatic carbocycles. The van der Waals surface area contributed by atoms with Gasteiger partial charge in [-0.25, -0.2) is 0 Å². The van der Waals surface area contributed by atoms with Crippen molar-refractivity contribution in [2.45, 2.75) is 19.3 Å². The number of carboxylic acid groups (broad SMARTS) is 1. The number of carbonyl (C=O) groups excluding carboxylic acids is 1. The number of nitrogens with zero attached hydrogens (tertiary/aromatic N) is 2. The molecule has 0 radical (unpaired) electrons. The number of anilines is 1. The quantitative estimate of drug-likeness (QED) is 0.840. The fourth-order valence-corrected chi connectivity index (χ4v) is 2.95. The molecule has 1 aromatic heterocycles. The van der Waals surface area contributed by atoms with Gasteiger partial charge in [-0.05, 0) is 25.0 Å². The van der Waals surface area contributed by atoms with Gasteiger partial charge in [0.05, 0.1) is 29.2 Å². The summed E-state index contributed by atoms with van der Waals surface area (Å²) in [5.41, 5.74) is 7.92. The molecular weight excluding hydrogens is 294 g/mol. The highest BCUT2D eigenvalue weighted by Gasteiger charge is 2.27. The van der Waals surface area contributed by atoms with E-state index in [2.05, 4.69) is 4.98 Å². The lowest BCUT2D eigenvalue weighted by Gasteiger charge is -2.30. The van der Waals surface area contributed by atoms with Gasteiger partial charge in [0.1, 0.15) is 0 Å². The van der Waals surface area contributed by atoms with Crippen LogP contribution in [0.4, 0.5) is 5.69 Å². The number of hydrogen-bond donors (Lipinski definition) is 2. The second-order valence-corrected chi connectivity index (χ2v) is 5.89. The summed E-state index contributed by atoms with van der Waals surface area (Å²) in [5, 5.41) is 9.95. The molecule has 1 aliphatic heterocycles. The minimum atomic E-state index is -0.774. The standard InChI is InChI=1S/C17H19N3O3/c18-14-3-1-2-11-4-5-13(19-16(11)14)10-15(21)20-8-6-12(7-9-20)17(22)23/h1-5,12H,6-10,18H2,(H,22,23). The van der Waals surface area contributed by atoms with Crippen LogP contribution in [0.1, 0.15) is 18.5 Å². The molecule has 1 saturated heterocycles. The zero-order valence-electron chi connectivity index (χ0n) is 12.7. The number of para-hydroxylation sites is 1. The largest absolute Gasteiger partial charge is 0.481 e. The van der Waals surface area contributed by atoms with Crippen molar-refractivity contribution in [3.05, 3.63) is 36.0 Å². The molecule has 1 fully saturated rings. The first-order chi connectivity index (χ1) is 11.0. The van der Waals surface area contributed by atoms with E-state index in [0.29, 0.717) is 42.8 Å². The maximum atomic E-state index is 12.4. The minimum absolute atomic E-state index is 0.0183. The molecule has 1 aliphatic rings. The van der Waals surface area contributed by atoms with Gasteiger partial charge in [-0.2, -0.15) is 0 Å². The van der Waals surface area contributed by atoms with E-state index in [1.807, 2.05) is 24.3 Å². The van der Waals surface area contributed by atoms with Crippen molar-refractivity contribution in [2.75, 3.05) is 18.8 Å². The van der Waals surface area contributed by atoms with E-state index in [0.717, 1.165) is 5.39 Å². The van der Waals surface area contributed by atoms with Gasteiger partial charge in [-0.3, -0.25) is 14.6 Å². The van der Waals surface area contributed by atoms with Crippen molar-refractivity contribution >= 4 is 28.5 Å². The zero-order chi connectivity index (χ0) is 16.4. The number of nitrogens with two attached hydrogens (primary N) is 1. The van der Waals surface area contributed by atoms with Crippen LogP contribution in [0.25, 0.3) is 10.9 Å². The number of piperidine rings is 1. The molecule has 0 atom stereocenters. The fourth-order valence-electron chi connectivity index (χ4n) is 2.95. The lowest BCUT2D eigenvalue weighted by molar-refractivity contribution is -0.145. The highest BCUT2D eigenvalue weighted by molar-refractivity contribution is 5.89. The smallest absolute Gasteiger partial charge is 0.306 e. The fraction of sp³-hybridized carbons (Fsp3) is 0.353. The second kappa shape index (κ2) is 6.24. The molecule has 2 heterocycles. The number of pyridine rings is 1. The number of fused-ring (bicyclic) bond motifs is 1. The highest BCUT2D eigenvalue weighted by Crippen LogP contribution is 2.21. The number of nitrogen functional groups attached to an aromatic ring is 1. The van der Waals surface area contributed by atoms with Crippen LogP contribution in [-0.2, 0) is 16.0 Å². The summed E-state index contributed by atoms with van der Waals surface area (Å²) in [5.74, 6) is -1.13. The van der Waals surface area contributed by atoms with Crippen molar-refractivity contribution in [1.82, 2.24) is 9.88 Å². The maximum absolute atomic E-state index is 12.4. The predicted molar refractivity (Wildman–Crippen MR) is 86.8 cm³/mol. The molecule has 0 saturated carbocycles. The number of likely N-dealkylation sites (tertiary alicyclic amines) is 1. The van der Waals surface area contributed by atoms with Crippen LogP contribution in [0, 0.1) is 5.92 Å². The van der Waals surface area contributed by atoms with E-state index in [1.54, 1.807) is 11.0 Å². The number of hydrogen-bond acceptors (Lipinski definition) is 4. The molecule has 120 valence electrons. The SMILES string of the molecule is Nc1cccc2ccc(CC(=O)N3CCC(C(=O)O)CC3)nc12. The first-order valence-corrected chi connectivity index (χ1v) is 7.69. The molecule has 23 heavy (non-hydrogen) atoms. The Labute approximate surface area is 133 Å². The van der Waals surface area contributed by atoms with E-state index in [9.17, 15) is 9.59 Å². The third kappa shape index (κ3) is 3.26. The number of carbonyl (C=O) groups is 2. The Bertz CT molecular complexity index is 752. The van der Waals surface area contributed by atoms with E-state index >= 15 is 0 Å². The number of aliphatic carboxylic acids is 1. The summed E-state index contributed by atoms with van der Waals surface area (Å²) in [6, 6.07) is 9.34. The van der Waals surface area contributed by atoms with Crippen LogP contribution < -0.4 is 5.73 Å². The first-order valence-electron chi connectivity index (χ1n) is 7.69. The van der Waals surface area contributed by atoms with Crippen LogP contribution >= 0.6 is 0 Å². The number of aromatic nitrogens is 1. The summed E-state index contributed by atoms with van der Waals surface area (Å²) in [7, 11) is 0. The van der Waals surface area contributed by atoms with Crippen LogP contribution in [0.5, 0.6) is 0 Å². The molecule has 0 spiro atoms. The molecule has 6 nitrogen and oxygen atoms in total.